The average molecular weight is 319 g/mol. The minimum atomic E-state index is -0.388. The van der Waals surface area contributed by atoms with Gasteiger partial charge in [0.2, 0.25) is 0 Å². The predicted molar refractivity (Wildman–Crippen MR) is 89.7 cm³/mol. The third-order valence-electron chi connectivity index (χ3n) is 4.07. The third-order valence-corrected chi connectivity index (χ3v) is 4.07. The van der Waals surface area contributed by atoms with Gasteiger partial charge in [-0.1, -0.05) is 0 Å². The maximum atomic E-state index is 12.3. The topological polar surface area (TPSA) is 61.9 Å². The van der Waals surface area contributed by atoms with E-state index in [2.05, 4.69) is 35.7 Å². The largest absolute Gasteiger partial charge is 0.465 e. The van der Waals surface area contributed by atoms with Gasteiger partial charge in [-0.15, -0.1) is 0 Å². The monoisotopic (exact) mass is 319 g/mol. The van der Waals surface area contributed by atoms with Crippen LogP contribution in [0.1, 0.15) is 31.1 Å². The number of esters is 1. The molecule has 0 spiro atoms. The fraction of sp³-hybridized carbons (Fsp3) is 0.529. The summed E-state index contributed by atoms with van der Waals surface area (Å²) in [5.74, 6) is -0.388. The van der Waals surface area contributed by atoms with Crippen LogP contribution in [-0.4, -0.2) is 60.6 Å². The molecule has 1 saturated heterocycles. The zero-order chi connectivity index (χ0) is 17.0. The van der Waals surface area contributed by atoms with Crippen molar-refractivity contribution in [2.24, 2.45) is 0 Å². The second-order valence-corrected chi connectivity index (χ2v) is 6.64. The molecule has 1 aliphatic rings. The van der Waals surface area contributed by atoms with Crippen molar-refractivity contribution in [2.45, 2.75) is 26.3 Å². The van der Waals surface area contributed by atoms with E-state index in [0.29, 0.717) is 24.3 Å². The zero-order valence-corrected chi connectivity index (χ0v) is 14.3. The van der Waals surface area contributed by atoms with Crippen LogP contribution in [0.3, 0.4) is 0 Å². The van der Waals surface area contributed by atoms with E-state index in [9.17, 15) is 9.59 Å². The van der Waals surface area contributed by atoms with E-state index in [4.69, 9.17) is 0 Å². The first kappa shape index (κ1) is 17.3. The van der Waals surface area contributed by atoms with Crippen LogP contribution in [0.25, 0.3) is 0 Å². The maximum Gasteiger partial charge on any atom is 0.337 e. The van der Waals surface area contributed by atoms with Crippen molar-refractivity contribution < 1.29 is 14.3 Å². The summed E-state index contributed by atoms with van der Waals surface area (Å²) in [5, 5.41) is 2.87. The molecule has 0 bridgehead atoms. The van der Waals surface area contributed by atoms with Crippen LogP contribution in [0, 0.1) is 0 Å². The molecule has 1 N–H and O–H groups in total. The fourth-order valence-corrected chi connectivity index (χ4v) is 2.59. The molecule has 6 nitrogen and oxygen atoms in total. The highest BCUT2D eigenvalue weighted by Gasteiger charge is 2.27. The van der Waals surface area contributed by atoms with Crippen molar-refractivity contribution in [3.8, 4) is 0 Å². The number of piperazine rings is 1. The molecule has 1 heterocycles. The van der Waals surface area contributed by atoms with Crippen molar-refractivity contribution in [3.63, 3.8) is 0 Å². The fourth-order valence-electron chi connectivity index (χ4n) is 2.59. The highest BCUT2D eigenvalue weighted by Crippen LogP contribution is 2.17. The number of benzene rings is 1. The predicted octanol–water partition coefficient (Wildman–Crippen LogP) is 2.42. The minimum absolute atomic E-state index is 0.107. The SMILES string of the molecule is COC(=O)c1ccc(NC(=O)N2CCN(C(C)(C)C)CC2)cc1. The Balaban J connectivity index is 1.89. The van der Waals surface area contributed by atoms with Gasteiger partial charge >= 0.3 is 12.0 Å². The Labute approximate surface area is 137 Å². The van der Waals surface area contributed by atoms with Gasteiger partial charge in [-0.2, -0.15) is 0 Å². The number of hydrogen-bond acceptors (Lipinski definition) is 4. The molecule has 0 unspecified atom stereocenters. The van der Waals surface area contributed by atoms with Gasteiger partial charge in [0, 0.05) is 37.4 Å². The van der Waals surface area contributed by atoms with E-state index in [1.807, 2.05) is 4.90 Å². The first-order chi connectivity index (χ1) is 10.8. The summed E-state index contributed by atoms with van der Waals surface area (Å²) in [6.45, 7) is 9.73. The third kappa shape index (κ3) is 4.45. The van der Waals surface area contributed by atoms with Crippen molar-refractivity contribution in [3.05, 3.63) is 29.8 Å². The van der Waals surface area contributed by atoms with E-state index in [-0.39, 0.29) is 17.5 Å². The molecule has 6 heteroatoms. The standard InChI is InChI=1S/C17H25N3O3/c1-17(2,3)20-11-9-19(10-12-20)16(22)18-14-7-5-13(6-8-14)15(21)23-4/h5-8H,9-12H2,1-4H3,(H,18,22). The Bertz CT molecular complexity index is 555. The van der Waals surface area contributed by atoms with Gasteiger partial charge in [0.05, 0.1) is 12.7 Å². The van der Waals surface area contributed by atoms with Gasteiger partial charge in [0.25, 0.3) is 0 Å². The highest BCUT2D eigenvalue weighted by atomic mass is 16.5. The van der Waals surface area contributed by atoms with Gasteiger partial charge in [0.1, 0.15) is 0 Å². The molecule has 23 heavy (non-hydrogen) atoms. The lowest BCUT2D eigenvalue weighted by Gasteiger charge is -2.42. The zero-order valence-electron chi connectivity index (χ0n) is 14.3. The van der Waals surface area contributed by atoms with Crippen LogP contribution in [-0.2, 0) is 4.74 Å². The summed E-state index contributed by atoms with van der Waals surface area (Å²) in [7, 11) is 1.34. The van der Waals surface area contributed by atoms with Crippen molar-refractivity contribution in [1.29, 1.82) is 0 Å². The number of methoxy groups -OCH3 is 1. The number of nitrogens with zero attached hydrogens (tertiary/aromatic N) is 2. The van der Waals surface area contributed by atoms with E-state index in [1.54, 1.807) is 24.3 Å². The lowest BCUT2D eigenvalue weighted by Crippen LogP contribution is -2.55. The number of anilines is 1. The van der Waals surface area contributed by atoms with E-state index in [1.165, 1.54) is 7.11 Å². The lowest BCUT2D eigenvalue weighted by molar-refractivity contribution is 0.0600. The number of amides is 2. The summed E-state index contributed by atoms with van der Waals surface area (Å²) in [6, 6.07) is 6.58. The molecular weight excluding hydrogens is 294 g/mol. The molecule has 0 radical (unpaired) electrons. The molecule has 2 amide bonds. The first-order valence-electron chi connectivity index (χ1n) is 7.80. The number of rotatable bonds is 2. The molecule has 0 aliphatic carbocycles. The molecule has 1 fully saturated rings. The van der Waals surface area contributed by atoms with Gasteiger partial charge in [-0.3, -0.25) is 4.90 Å². The highest BCUT2D eigenvalue weighted by molar-refractivity contribution is 5.92. The Morgan fingerprint density at radius 2 is 1.61 bits per heavy atom. The molecule has 1 aromatic carbocycles. The van der Waals surface area contributed by atoms with E-state index < -0.39 is 0 Å². The molecule has 0 saturated carbocycles. The second-order valence-electron chi connectivity index (χ2n) is 6.64. The van der Waals surface area contributed by atoms with E-state index in [0.717, 1.165) is 13.1 Å². The minimum Gasteiger partial charge on any atom is -0.465 e. The molecule has 0 atom stereocenters. The van der Waals surface area contributed by atoms with Crippen LogP contribution in [0.4, 0.5) is 10.5 Å². The Kier molecular flexibility index (Phi) is 5.26. The molecule has 1 aliphatic heterocycles. The van der Waals surface area contributed by atoms with E-state index >= 15 is 0 Å². The van der Waals surface area contributed by atoms with Crippen LogP contribution in [0.2, 0.25) is 0 Å². The Hall–Kier alpha value is -2.08. The number of urea groups is 1. The number of ether oxygens (including phenoxy) is 1. The quantitative estimate of drug-likeness (QED) is 0.851. The van der Waals surface area contributed by atoms with Crippen LogP contribution in [0.5, 0.6) is 0 Å². The summed E-state index contributed by atoms with van der Waals surface area (Å²) in [6.07, 6.45) is 0. The van der Waals surface area contributed by atoms with Gasteiger partial charge in [-0.25, -0.2) is 9.59 Å². The second kappa shape index (κ2) is 7.00. The first-order valence-corrected chi connectivity index (χ1v) is 7.80. The summed E-state index contributed by atoms with van der Waals surface area (Å²) >= 11 is 0. The van der Waals surface area contributed by atoms with Crippen molar-refractivity contribution >= 4 is 17.7 Å². The van der Waals surface area contributed by atoms with Crippen molar-refractivity contribution in [2.75, 3.05) is 38.6 Å². The molecule has 126 valence electrons. The summed E-state index contributed by atoms with van der Waals surface area (Å²) < 4.78 is 4.65. The normalized spacial score (nSPS) is 16.1. The molecular formula is C17H25N3O3. The van der Waals surface area contributed by atoms with Crippen LogP contribution < -0.4 is 5.32 Å². The Morgan fingerprint density at radius 3 is 2.09 bits per heavy atom. The van der Waals surface area contributed by atoms with Crippen LogP contribution >= 0.6 is 0 Å². The number of carbonyl (C=O) groups is 2. The van der Waals surface area contributed by atoms with Gasteiger partial charge in [0.15, 0.2) is 0 Å². The smallest absolute Gasteiger partial charge is 0.337 e. The van der Waals surface area contributed by atoms with Gasteiger partial charge in [-0.05, 0) is 45.0 Å². The molecule has 2 rings (SSSR count). The number of carbonyl (C=O) groups excluding carboxylic acids is 2. The molecule has 0 aromatic heterocycles. The maximum absolute atomic E-state index is 12.3. The Morgan fingerprint density at radius 1 is 1.04 bits per heavy atom. The summed E-state index contributed by atoms with van der Waals surface area (Å²) in [5.41, 5.74) is 1.26. The molecule has 1 aromatic rings. The average Bonchev–Trinajstić information content (AvgIpc) is 2.54. The summed E-state index contributed by atoms with van der Waals surface area (Å²) in [4.78, 5) is 27.9. The van der Waals surface area contributed by atoms with Crippen LogP contribution in [0.15, 0.2) is 24.3 Å². The number of hydrogen-bond donors (Lipinski definition) is 1. The lowest BCUT2D eigenvalue weighted by atomic mass is 10.1. The van der Waals surface area contributed by atoms with Gasteiger partial charge < -0.3 is 15.0 Å². The number of nitrogens with one attached hydrogen (secondary N) is 1. The van der Waals surface area contributed by atoms with Crippen molar-refractivity contribution in [1.82, 2.24) is 9.80 Å².